The summed E-state index contributed by atoms with van der Waals surface area (Å²) in [5.74, 6) is 2.43. The van der Waals surface area contributed by atoms with Gasteiger partial charge in [-0.05, 0) is 60.7 Å². The molecule has 1 aliphatic heterocycles. The lowest BCUT2D eigenvalue weighted by molar-refractivity contribution is -0.133. The minimum Gasteiger partial charge on any atom is -0.497 e. The molecule has 1 atom stereocenters. The predicted molar refractivity (Wildman–Crippen MR) is 176 cm³/mol. The summed E-state index contributed by atoms with van der Waals surface area (Å²) in [6.07, 6.45) is 1.16. The fourth-order valence-electron chi connectivity index (χ4n) is 5.41. The summed E-state index contributed by atoms with van der Waals surface area (Å²) >= 11 is 1.60. The molecule has 0 spiro atoms. The van der Waals surface area contributed by atoms with Crippen LogP contribution in [0.25, 0.3) is 17.1 Å². The predicted octanol–water partition coefficient (Wildman–Crippen LogP) is 6.49. The molecule has 230 valence electrons. The molecule has 2 heterocycles. The highest BCUT2D eigenvalue weighted by atomic mass is 32.2. The van der Waals surface area contributed by atoms with Crippen molar-refractivity contribution in [2.75, 3.05) is 32.5 Å². The van der Waals surface area contributed by atoms with Crippen LogP contribution in [0.5, 0.6) is 5.75 Å². The highest BCUT2D eigenvalue weighted by molar-refractivity contribution is 7.99. The van der Waals surface area contributed by atoms with E-state index in [1.165, 1.54) is 5.56 Å². The Balaban J connectivity index is 1.16. The zero-order chi connectivity index (χ0) is 31.3. The molecule has 1 aromatic heterocycles. The first-order valence-electron chi connectivity index (χ1n) is 15.1. The molecule has 1 fully saturated rings. The van der Waals surface area contributed by atoms with Gasteiger partial charge in [0.25, 0.3) is 5.91 Å². The largest absolute Gasteiger partial charge is 0.497 e. The molecule has 1 saturated heterocycles. The second-order valence-corrected chi connectivity index (χ2v) is 13.2. The van der Waals surface area contributed by atoms with Crippen LogP contribution in [0.15, 0.2) is 84.0 Å². The Kier molecular flexibility index (Phi) is 9.74. The first-order valence-corrected chi connectivity index (χ1v) is 16.1. The number of thioether (sulfide) groups is 1. The third-order valence-electron chi connectivity index (χ3n) is 8.00. The third-order valence-corrected chi connectivity index (χ3v) is 9.02. The summed E-state index contributed by atoms with van der Waals surface area (Å²) in [7, 11) is 1.65. The number of carbonyl (C=O) groups is 2. The van der Waals surface area contributed by atoms with Crippen LogP contribution in [-0.2, 0) is 10.2 Å². The van der Waals surface area contributed by atoms with Crippen LogP contribution in [0, 0.1) is 0 Å². The lowest BCUT2D eigenvalue weighted by Crippen LogP contribution is -2.55. The summed E-state index contributed by atoms with van der Waals surface area (Å²) < 4.78 is 7.39. The Morgan fingerprint density at radius 3 is 2.27 bits per heavy atom. The molecule has 5 rings (SSSR count). The standard InChI is InChI=1S/C35H41N5O3S/c1-25-24-38(21-22-39(25)33(42)27-13-15-28(16-14-27)35(2,3)4)31(41)12-9-23-44-34-37-36-32(26-10-7-6-8-11-26)40(34)29-17-19-30(43-5)20-18-29/h6-8,10-11,13-20,25H,9,12,21-24H2,1-5H3. The van der Waals surface area contributed by atoms with Gasteiger partial charge in [-0.3, -0.25) is 14.2 Å². The number of hydrogen-bond donors (Lipinski definition) is 0. The van der Waals surface area contributed by atoms with Crippen LogP contribution in [0.1, 0.15) is 56.5 Å². The second-order valence-electron chi connectivity index (χ2n) is 12.2. The number of methoxy groups -OCH3 is 1. The van der Waals surface area contributed by atoms with Crippen molar-refractivity contribution in [1.29, 1.82) is 0 Å². The molecule has 3 aromatic carbocycles. The maximum absolute atomic E-state index is 13.2. The van der Waals surface area contributed by atoms with Gasteiger partial charge in [-0.1, -0.05) is 75.0 Å². The summed E-state index contributed by atoms with van der Waals surface area (Å²) in [6, 6.07) is 25.7. The van der Waals surface area contributed by atoms with Crippen molar-refractivity contribution in [3.05, 3.63) is 90.0 Å². The molecule has 0 saturated carbocycles. The highest BCUT2D eigenvalue weighted by Crippen LogP contribution is 2.29. The van der Waals surface area contributed by atoms with E-state index in [1.54, 1.807) is 18.9 Å². The number of rotatable bonds is 9. The zero-order valence-corrected chi connectivity index (χ0v) is 27.0. The van der Waals surface area contributed by atoms with E-state index in [9.17, 15) is 9.59 Å². The normalized spacial score (nSPS) is 15.3. The van der Waals surface area contributed by atoms with Crippen molar-refractivity contribution in [3.63, 3.8) is 0 Å². The monoisotopic (exact) mass is 611 g/mol. The van der Waals surface area contributed by atoms with Gasteiger partial charge in [-0.15, -0.1) is 10.2 Å². The fourth-order valence-corrected chi connectivity index (χ4v) is 6.30. The van der Waals surface area contributed by atoms with E-state index in [1.807, 2.05) is 95.6 Å². The van der Waals surface area contributed by atoms with Crippen molar-refractivity contribution in [3.8, 4) is 22.8 Å². The molecule has 0 radical (unpaired) electrons. The quantitative estimate of drug-likeness (QED) is 0.159. The SMILES string of the molecule is COc1ccc(-n2c(SCCCC(=O)N3CCN(C(=O)c4ccc(C(C)(C)C)cc4)C(C)C3)nnc2-c2ccccc2)cc1. The molecular weight excluding hydrogens is 570 g/mol. The summed E-state index contributed by atoms with van der Waals surface area (Å²) in [6.45, 7) is 10.1. The van der Waals surface area contributed by atoms with Gasteiger partial charge in [0.05, 0.1) is 7.11 Å². The number of benzene rings is 3. The Hall–Kier alpha value is -4.11. The van der Waals surface area contributed by atoms with Gasteiger partial charge in [0.2, 0.25) is 5.91 Å². The van der Waals surface area contributed by atoms with Crippen molar-refractivity contribution in [1.82, 2.24) is 24.6 Å². The van der Waals surface area contributed by atoms with Crippen molar-refractivity contribution < 1.29 is 14.3 Å². The van der Waals surface area contributed by atoms with E-state index in [0.717, 1.165) is 33.7 Å². The smallest absolute Gasteiger partial charge is 0.254 e. The van der Waals surface area contributed by atoms with Crippen LogP contribution in [0.2, 0.25) is 0 Å². The number of piperazine rings is 1. The van der Waals surface area contributed by atoms with Gasteiger partial charge in [0.15, 0.2) is 11.0 Å². The van der Waals surface area contributed by atoms with E-state index in [0.29, 0.717) is 38.0 Å². The molecule has 0 aliphatic carbocycles. The van der Waals surface area contributed by atoms with E-state index in [4.69, 9.17) is 4.74 Å². The van der Waals surface area contributed by atoms with Gasteiger partial charge in [-0.2, -0.15) is 0 Å². The molecule has 1 aliphatic rings. The van der Waals surface area contributed by atoms with E-state index >= 15 is 0 Å². The van der Waals surface area contributed by atoms with E-state index < -0.39 is 0 Å². The number of carbonyl (C=O) groups excluding carboxylic acids is 2. The van der Waals surface area contributed by atoms with Crippen LogP contribution >= 0.6 is 11.8 Å². The van der Waals surface area contributed by atoms with Gasteiger partial charge in [-0.25, -0.2) is 0 Å². The second kappa shape index (κ2) is 13.7. The molecule has 8 nitrogen and oxygen atoms in total. The fraction of sp³-hybridized carbons (Fsp3) is 0.371. The number of amides is 2. The molecule has 9 heteroatoms. The minimum atomic E-state index is -0.0451. The van der Waals surface area contributed by atoms with E-state index in [2.05, 4.69) is 35.5 Å². The Morgan fingerprint density at radius 1 is 0.932 bits per heavy atom. The van der Waals surface area contributed by atoms with Gasteiger partial charge < -0.3 is 14.5 Å². The first-order chi connectivity index (χ1) is 21.2. The average molecular weight is 612 g/mol. The van der Waals surface area contributed by atoms with Crippen molar-refractivity contribution in [2.45, 2.75) is 57.1 Å². The molecule has 0 N–H and O–H groups in total. The minimum absolute atomic E-state index is 0.0253. The number of nitrogens with zero attached hydrogens (tertiary/aromatic N) is 5. The van der Waals surface area contributed by atoms with Crippen LogP contribution in [-0.4, -0.2) is 74.9 Å². The van der Waals surface area contributed by atoms with Crippen molar-refractivity contribution in [2.24, 2.45) is 0 Å². The Morgan fingerprint density at radius 2 is 1.64 bits per heavy atom. The lowest BCUT2D eigenvalue weighted by Gasteiger charge is -2.40. The average Bonchev–Trinajstić information content (AvgIpc) is 3.46. The maximum Gasteiger partial charge on any atom is 0.254 e. The van der Waals surface area contributed by atoms with Gasteiger partial charge in [0, 0.05) is 54.7 Å². The summed E-state index contributed by atoms with van der Waals surface area (Å²) in [4.78, 5) is 30.2. The van der Waals surface area contributed by atoms with Crippen molar-refractivity contribution >= 4 is 23.6 Å². The first kappa shape index (κ1) is 31.3. The van der Waals surface area contributed by atoms with Crippen LogP contribution in [0.4, 0.5) is 0 Å². The summed E-state index contributed by atoms with van der Waals surface area (Å²) in [5.41, 5.74) is 3.86. The van der Waals surface area contributed by atoms with E-state index in [-0.39, 0.29) is 23.3 Å². The molecular formula is C35H41N5O3S. The molecule has 1 unspecified atom stereocenters. The molecule has 44 heavy (non-hydrogen) atoms. The topological polar surface area (TPSA) is 80.6 Å². The third kappa shape index (κ3) is 7.16. The summed E-state index contributed by atoms with van der Waals surface area (Å²) in [5, 5.41) is 9.79. The van der Waals surface area contributed by atoms with Gasteiger partial charge in [0.1, 0.15) is 5.75 Å². The zero-order valence-electron chi connectivity index (χ0n) is 26.2. The lowest BCUT2D eigenvalue weighted by atomic mass is 9.86. The highest BCUT2D eigenvalue weighted by Gasteiger charge is 2.30. The molecule has 0 bridgehead atoms. The number of ether oxygens (including phenoxy) is 1. The van der Waals surface area contributed by atoms with Crippen LogP contribution in [0.3, 0.4) is 0 Å². The van der Waals surface area contributed by atoms with Crippen LogP contribution < -0.4 is 4.74 Å². The molecule has 4 aromatic rings. The Bertz CT molecular complexity index is 1560. The Labute approximate surface area is 264 Å². The number of aromatic nitrogens is 3. The molecule has 2 amide bonds. The number of hydrogen-bond acceptors (Lipinski definition) is 6. The van der Waals surface area contributed by atoms with Gasteiger partial charge >= 0.3 is 0 Å². The maximum atomic E-state index is 13.2.